The van der Waals surface area contributed by atoms with Gasteiger partial charge in [0.1, 0.15) is 0 Å². The van der Waals surface area contributed by atoms with Crippen LogP contribution < -0.4 is 0 Å². The largest absolute Gasteiger partial charge is 0.381 e. The van der Waals surface area contributed by atoms with E-state index in [0.29, 0.717) is 25.5 Å². The third-order valence-corrected chi connectivity index (χ3v) is 4.71. The lowest BCUT2D eigenvalue weighted by Crippen LogP contribution is -2.51. The minimum Gasteiger partial charge on any atom is -0.381 e. The van der Waals surface area contributed by atoms with Crippen LogP contribution in [0.3, 0.4) is 0 Å². The van der Waals surface area contributed by atoms with Crippen molar-refractivity contribution in [3.63, 3.8) is 0 Å². The Morgan fingerprint density at radius 3 is 2.91 bits per heavy atom. The van der Waals surface area contributed by atoms with Crippen LogP contribution in [0, 0.1) is 5.92 Å². The molecule has 3 atom stereocenters. The molecule has 1 saturated heterocycles. The first-order valence-corrected chi connectivity index (χ1v) is 8.30. The van der Waals surface area contributed by atoms with Gasteiger partial charge < -0.3 is 14.4 Å². The molecule has 0 radical (unpaired) electrons. The maximum absolute atomic E-state index is 12.7. The molecule has 0 spiro atoms. The van der Waals surface area contributed by atoms with Gasteiger partial charge in [0.15, 0.2) is 0 Å². The molecule has 4 heteroatoms. The summed E-state index contributed by atoms with van der Waals surface area (Å²) < 4.78 is 11.4. The van der Waals surface area contributed by atoms with Gasteiger partial charge >= 0.3 is 0 Å². The van der Waals surface area contributed by atoms with Crippen LogP contribution in [0.4, 0.5) is 0 Å². The molecule has 1 amide bonds. The number of carbonyl (C=O) groups is 1. The van der Waals surface area contributed by atoms with E-state index in [9.17, 15) is 4.79 Å². The molecule has 0 aromatic heterocycles. The van der Waals surface area contributed by atoms with Crippen molar-refractivity contribution in [1.29, 1.82) is 0 Å². The molecule has 1 aliphatic heterocycles. The van der Waals surface area contributed by atoms with Gasteiger partial charge in [0.25, 0.3) is 0 Å². The van der Waals surface area contributed by atoms with E-state index < -0.39 is 0 Å². The first-order chi connectivity index (χ1) is 10.8. The minimum atomic E-state index is 0.193. The van der Waals surface area contributed by atoms with Crippen molar-refractivity contribution in [2.75, 3.05) is 26.4 Å². The number of rotatable bonds is 5. The van der Waals surface area contributed by atoms with Crippen molar-refractivity contribution in [2.24, 2.45) is 5.92 Å². The third kappa shape index (κ3) is 3.50. The van der Waals surface area contributed by atoms with E-state index in [1.165, 1.54) is 0 Å². The summed E-state index contributed by atoms with van der Waals surface area (Å²) >= 11 is 0. The van der Waals surface area contributed by atoms with Crippen molar-refractivity contribution in [1.82, 2.24) is 4.90 Å². The lowest BCUT2D eigenvalue weighted by atomic mass is 10.1. The lowest BCUT2D eigenvalue weighted by Gasteiger charge is -2.37. The van der Waals surface area contributed by atoms with Crippen LogP contribution in [0.25, 0.3) is 0 Å². The summed E-state index contributed by atoms with van der Waals surface area (Å²) in [6.45, 7) is 4.93. The van der Waals surface area contributed by atoms with E-state index in [0.717, 1.165) is 31.6 Å². The van der Waals surface area contributed by atoms with Gasteiger partial charge in [0.05, 0.1) is 25.2 Å². The second kappa shape index (κ2) is 7.25. The molecule has 0 unspecified atom stereocenters. The van der Waals surface area contributed by atoms with Crippen LogP contribution in [-0.4, -0.2) is 49.3 Å². The van der Waals surface area contributed by atoms with Crippen molar-refractivity contribution in [3.8, 4) is 0 Å². The van der Waals surface area contributed by atoms with Gasteiger partial charge in [-0.15, -0.1) is 0 Å². The van der Waals surface area contributed by atoms with Crippen LogP contribution in [0.2, 0.25) is 0 Å². The molecule has 120 valence electrons. The van der Waals surface area contributed by atoms with Crippen LogP contribution >= 0.6 is 0 Å². The summed E-state index contributed by atoms with van der Waals surface area (Å²) in [6.07, 6.45) is 2.70. The molecule has 1 heterocycles. The number of carbonyl (C=O) groups excluding carboxylic acids is 1. The molecule has 2 aliphatic rings. The molecule has 22 heavy (non-hydrogen) atoms. The number of hydrogen-bond donors (Lipinski definition) is 0. The summed E-state index contributed by atoms with van der Waals surface area (Å²) in [5.74, 6) is 0.738. The van der Waals surface area contributed by atoms with E-state index in [2.05, 4.69) is 0 Å². The minimum absolute atomic E-state index is 0.193. The Kier molecular flexibility index (Phi) is 5.11. The molecule has 1 aromatic carbocycles. The molecular formula is C18H25NO3. The Bertz CT molecular complexity index is 490. The number of benzene rings is 1. The Hall–Kier alpha value is -1.39. The zero-order valence-corrected chi connectivity index (χ0v) is 13.2. The van der Waals surface area contributed by atoms with Crippen LogP contribution in [0.15, 0.2) is 30.3 Å². The fraction of sp³-hybridized carbons (Fsp3) is 0.611. The standard InChI is InChI=1S/C18H25NO3/c1-2-21-13-15-10-16-17(11-15)22-9-8-19(16)18(20)12-14-6-4-3-5-7-14/h3-7,15-17H,2,8-13H2,1H3/t15-,16+,17-/m0/s1. The average Bonchev–Trinajstić information content (AvgIpc) is 2.96. The monoisotopic (exact) mass is 303 g/mol. The summed E-state index contributed by atoms with van der Waals surface area (Å²) in [6, 6.07) is 10.2. The number of amides is 1. The SMILES string of the molecule is CCOC[C@@H]1C[C@@H]2OCCN(C(=O)Cc3ccccc3)[C@@H]2C1. The van der Waals surface area contributed by atoms with Crippen molar-refractivity contribution in [2.45, 2.75) is 38.3 Å². The van der Waals surface area contributed by atoms with Gasteiger partial charge in [-0.2, -0.15) is 0 Å². The predicted octanol–water partition coefficient (Wildman–Crippen LogP) is 2.27. The first kappa shape index (κ1) is 15.5. The second-order valence-electron chi connectivity index (χ2n) is 6.22. The van der Waals surface area contributed by atoms with E-state index in [1.54, 1.807) is 0 Å². The van der Waals surface area contributed by atoms with Gasteiger partial charge in [-0.1, -0.05) is 30.3 Å². The lowest BCUT2D eigenvalue weighted by molar-refractivity contribution is -0.143. The first-order valence-electron chi connectivity index (χ1n) is 8.30. The summed E-state index contributed by atoms with van der Waals surface area (Å²) in [5, 5.41) is 0. The number of fused-ring (bicyclic) bond motifs is 1. The van der Waals surface area contributed by atoms with Crippen molar-refractivity contribution >= 4 is 5.91 Å². The molecule has 2 fully saturated rings. The van der Waals surface area contributed by atoms with Gasteiger partial charge in [-0.3, -0.25) is 4.79 Å². The second-order valence-corrected chi connectivity index (χ2v) is 6.22. The molecule has 0 bridgehead atoms. The average molecular weight is 303 g/mol. The highest BCUT2D eigenvalue weighted by Gasteiger charge is 2.42. The van der Waals surface area contributed by atoms with Gasteiger partial charge in [0.2, 0.25) is 5.91 Å². The van der Waals surface area contributed by atoms with Crippen molar-refractivity contribution in [3.05, 3.63) is 35.9 Å². The summed E-state index contributed by atoms with van der Waals surface area (Å²) in [4.78, 5) is 14.7. The molecule has 4 nitrogen and oxygen atoms in total. The summed E-state index contributed by atoms with van der Waals surface area (Å²) in [5.41, 5.74) is 1.08. The number of nitrogens with zero attached hydrogens (tertiary/aromatic N) is 1. The fourth-order valence-electron chi connectivity index (χ4n) is 3.65. The maximum atomic E-state index is 12.7. The Morgan fingerprint density at radius 2 is 2.14 bits per heavy atom. The third-order valence-electron chi connectivity index (χ3n) is 4.71. The van der Waals surface area contributed by atoms with Gasteiger partial charge in [0, 0.05) is 19.8 Å². The number of hydrogen-bond acceptors (Lipinski definition) is 3. The normalized spacial score (nSPS) is 27.7. The van der Waals surface area contributed by atoms with E-state index in [4.69, 9.17) is 9.47 Å². The van der Waals surface area contributed by atoms with Crippen LogP contribution in [0.5, 0.6) is 0 Å². The molecule has 3 rings (SSSR count). The molecule has 0 N–H and O–H groups in total. The van der Waals surface area contributed by atoms with E-state index in [-0.39, 0.29) is 18.1 Å². The maximum Gasteiger partial charge on any atom is 0.227 e. The predicted molar refractivity (Wildman–Crippen MR) is 84.6 cm³/mol. The van der Waals surface area contributed by atoms with Crippen LogP contribution in [0.1, 0.15) is 25.3 Å². The zero-order valence-electron chi connectivity index (χ0n) is 13.2. The Labute approximate surface area is 132 Å². The van der Waals surface area contributed by atoms with Crippen molar-refractivity contribution < 1.29 is 14.3 Å². The molecule has 1 aliphatic carbocycles. The van der Waals surface area contributed by atoms with E-state index >= 15 is 0 Å². The molecule has 1 aromatic rings. The fourth-order valence-corrected chi connectivity index (χ4v) is 3.65. The topological polar surface area (TPSA) is 38.8 Å². The highest BCUT2D eigenvalue weighted by molar-refractivity contribution is 5.79. The Morgan fingerprint density at radius 1 is 1.32 bits per heavy atom. The Balaban J connectivity index is 1.62. The van der Waals surface area contributed by atoms with Gasteiger partial charge in [-0.25, -0.2) is 0 Å². The molecular weight excluding hydrogens is 278 g/mol. The highest BCUT2D eigenvalue weighted by atomic mass is 16.5. The summed E-state index contributed by atoms with van der Waals surface area (Å²) in [7, 11) is 0. The number of morpholine rings is 1. The smallest absolute Gasteiger partial charge is 0.227 e. The number of ether oxygens (including phenoxy) is 2. The zero-order chi connectivity index (χ0) is 15.4. The molecule has 1 saturated carbocycles. The highest BCUT2D eigenvalue weighted by Crippen LogP contribution is 2.34. The van der Waals surface area contributed by atoms with Gasteiger partial charge in [-0.05, 0) is 31.2 Å². The van der Waals surface area contributed by atoms with Crippen LogP contribution in [-0.2, 0) is 20.7 Å². The van der Waals surface area contributed by atoms with E-state index in [1.807, 2.05) is 42.2 Å². The quantitative estimate of drug-likeness (QED) is 0.837.